The fraction of sp³-hybridized carbons (Fsp3) is 0.375. The van der Waals surface area contributed by atoms with Gasteiger partial charge in [-0.3, -0.25) is 0 Å². The van der Waals surface area contributed by atoms with Gasteiger partial charge in [0, 0.05) is 0 Å². The number of hydrogen-bond acceptors (Lipinski definition) is 2. The number of halogens is 2. The normalized spacial score (nSPS) is 14.8. The summed E-state index contributed by atoms with van der Waals surface area (Å²) >= 11 is 2.89. The van der Waals surface area contributed by atoms with Crippen molar-refractivity contribution in [2.24, 2.45) is 11.1 Å². The van der Waals surface area contributed by atoms with Crippen LogP contribution < -0.4 is 0 Å². The summed E-state index contributed by atoms with van der Waals surface area (Å²) in [7, 11) is 0. The van der Waals surface area contributed by atoms with Gasteiger partial charge in [0.1, 0.15) is 10.4 Å². The molecule has 12 heavy (non-hydrogen) atoms. The molecule has 2 nitrogen and oxygen atoms in total. The zero-order chi connectivity index (χ0) is 9.56. The lowest BCUT2D eigenvalue weighted by Gasteiger charge is -1.92. The highest BCUT2D eigenvalue weighted by Gasteiger charge is 1.92. The van der Waals surface area contributed by atoms with Gasteiger partial charge in [0.05, 0.1) is 0 Å². The van der Waals surface area contributed by atoms with Crippen molar-refractivity contribution in [2.45, 2.75) is 13.8 Å². The molecule has 0 aliphatic carbocycles. The van der Waals surface area contributed by atoms with Crippen LogP contribution in [-0.2, 0) is 0 Å². The highest BCUT2D eigenvalue weighted by Crippen LogP contribution is 2.05. The van der Waals surface area contributed by atoms with Crippen molar-refractivity contribution in [1.29, 1.82) is 0 Å². The van der Waals surface area contributed by atoms with E-state index in [9.17, 15) is 4.39 Å². The molecule has 0 aromatic carbocycles. The van der Waals surface area contributed by atoms with Crippen molar-refractivity contribution in [3.63, 3.8) is 0 Å². The zero-order valence-electron chi connectivity index (χ0n) is 6.96. The summed E-state index contributed by atoms with van der Waals surface area (Å²) in [6.07, 6.45) is 4.02. The average Bonchev–Trinajstić information content (AvgIpc) is 1.99. The molecule has 0 amide bonds. The van der Waals surface area contributed by atoms with E-state index in [4.69, 9.17) is 5.21 Å². The number of allylic oxidation sites excluding steroid dienone is 4. The standard InChI is InChI=1S/C8H11BrFNO/c1-6(2)5-7(10)3-4-8(9)11-12/h3-6,12H,1-2H3/b4-3-,7-5-,11-8+. The first-order valence-corrected chi connectivity index (χ1v) is 4.28. The van der Waals surface area contributed by atoms with Gasteiger partial charge in [-0.1, -0.05) is 19.0 Å². The van der Waals surface area contributed by atoms with Crippen LogP contribution in [-0.4, -0.2) is 9.83 Å². The van der Waals surface area contributed by atoms with E-state index in [2.05, 4.69) is 21.1 Å². The molecule has 0 rings (SSSR count). The molecule has 0 saturated heterocycles. The molecule has 4 heteroatoms. The van der Waals surface area contributed by atoms with E-state index in [1.165, 1.54) is 18.2 Å². The summed E-state index contributed by atoms with van der Waals surface area (Å²) in [6.45, 7) is 3.76. The summed E-state index contributed by atoms with van der Waals surface area (Å²) in [5, 5.41) is 11.0. The highest BCUT2D eigenvalue weighted by atomic mass is 79.9. The van der Waals surface area contributed by atoms with E-state index < -0.39 is 0 Å². The first-order valence-electron chi connectivity index (χ1n) is 3.49. The second-order valence-corrected chi connectivity index (χ2v) is 3.36. The van der Waals surface area contributed by atoms with Gasteiger partial charge in [-0.2, -0.15) is 0 Å². The van der Waals surface area contributed by atoms with Gasteiger partial charge in [-0.25, -0.2) is 4.39 Å². The molecule has 0 unspecified atom stereocenters. The molecule has 0 spiro atoms. The van der Waals surface area contributed by atoms with Crippen molar-refractivity contribution >= 4 is 20.6 Å². The third kappa shape index (κ3) is 6.09. The molecular formula is C8H11BrFNO. The van der Waals surface area contributed by atoms with Crippen LogP contribution >= 0.6 is 15.9 Å². The fourth-order valence-corrected chi connectivity index (χ4v) is 0.688. The van der Waals surface area contributed by atoms with Crippen molar-refractivity contribution in [1.82, 2.24) is 0 Å². The van der Waals surface area contributed by atoms with Gasteiger partial charge in [0.15, 0.2) is 0 Å². The molecule has 0 aromatic rings. The first kappa shape index (κ1) is 11.4. The van der Waals surface area contributed by atoms with Crippen LogP contribution in [0, 0.1) is 5.92 Å². The Morgan fingerprint density at radius 3 is 2.50 bits per heavy atom. The topological polar surface area (TPSA) is 32.6 Å². The molecule has 0 atom stereocenters. The van der Waals surface area contributed by atoms with E-state index in [-0.39, 0.29) is 16.4 Å². The van der Waals surface area contributed by atoms with E-state index in [1.54, 1.807) is 0 Å². The van der Waals surface area contributed by atoms with E-state index in [1.807, 2.05) is 13.8 Å². The zero-order valence-corrected chi connectivity index (χ0v) is 8.55. The predicted molar refractivity (Wildman–Crippen MR) is 51.3 cm³/mol. The first-order chi connectivity index (χ1) is 5.56. The highest BCUT2D eigenvalue weighted by molar-refractivity contribution is 9.18. The molecule has 0 radical (unpaired) electrons. The minimum Gasteiger partial charge on any atom is -0.410 e. The second-order valence-electron chi connectivity index (χ2n) is 2.55. The van der Waals surface area contributed by atoms with Gasteiger partial charge in [-0.15, -0.1) is 0 Å². The third-order valence-corrected chi connectivity index (χ3v) is 1.39. The third-order valence-electron chi connectivity index (χ3n) is 0.968. The molecule has 0 aliphatic rings. The van der Waals surface area contributed by atoms with Crippen molar-refractivity contribution in [3.05, 3.63) is 24.1 Å². The molecule has 0 aliphatic heterocycles. The second kappa shape index (κ2) is 5.94. The average molecular weight is 236 g/mol. The van der Waals surface area contributed by atoms with Gasteiger partial charge < -0.3 is 5.21 Å². The SMILES string of the molecule is CC(C)/C=C(F)/C=C\C(Br)=N/O. The monoisotopic (exact) mass is 235 g/mol. The van der Waals surface area contributed by atoms with Crippen molar-refractivity contribution in [3.8, 4) is 0 Å². The number of oxime groups is 1. The minimum atomic E-state index is -0.342. The van der Waals surface area contributed by atoms with E-state index in [0.29, 0.717) is 0 Å². The van der Waals surface area contributed by atoms with Gasteiger partial charge >= 0.3 is 0 Å². The fourth-order valence-electron chi connectivity index (χ4n) is 0.556. The van der Waals surface area contributed by atoms with Crippen molar-refractivity contribution in [2.75, 3.05) is 0 Å². The lowest BCUT2D eigenvalue weighted by Crippen LogP contribution is -1.81. The molecule has 0 heterocycles. The largest absolute Gasteiger partial charge is 0.410 e. The Morgan fingerprint density at radius 1 is 1.50 bits per heavy atom. The summed E-state index contributed by atoms with van der Waals surface area (Å²) in [5.41, 5.74) is 0. The van der Waals surface area contributed by atoms with Crippen LogP contribution in [0.4, 0.5) is 4.39 Å². The summed E-state index contributed by atoms with van der Waals surface area (Å²) < 4.78 is 13.0. The van der Waals surface area contributed by atoms with Crippen LogP contribution in [0.15, 0.2) is 29.2 Å². The van der Waals surface area contributed by atoms with E-state index in [0.717, 1.165) is 0 Å². The van der Waals surface area contributed by atoms with Crippen LogP contribution in [0.3, 0.4) is 0 Å². The van der Waals surface area contributed by atoms with Crippen molar-refractivity contribution < 1.29 is 9.60 Å². The quantitative estimate of drug-likeness (QED) is 0.347. The Morgan fingerprint density at radius 2 is 2.08 bits per heavy atom. The Hall–Kier alpha value is -0.640. The molecule has 1 N–H and O–H groups in total. The molecule has 0 fully saturated rings. The van der Waals surface area contributed by atoms with Crippen LogP contribution in [0.1, 0.15) is 13.8 Å². The van der Waals surface area contributed by atoms with Gasteiger partial charge in [-0.05, 0) is 40.1 Å². The van der Waals surface area contributed by atoms with Crippen LogP contribution in [0.25, 0.3) is 0 Å². The molecule has 0 saturated carbocycles. The van der Waals surface area contributed by atoms with Gasteiger partial charge in [0.2, 0.25) is 0 Å². The lowest BCUT2D eigenvalue weighted by atomic mass is 10.2. The summed E-state index contributed by atoms with van der Waals surface area (Å²) in [4.78, 5) is 0. The number of nitrogens with zero attached hydrogens (tertiary/aromatic N) is 1. The molecule has 0 aromatic heterocycles. The Balaban J connectivity index is 4.17. The number of hydrogen-bond donors (Lipinski definition) is 1. The Kier molecular flexibility index (Phi) is 5.62. The molecule has 68 valence electrons. The van der Waals surface area contributed by atoms with Crippen LogP contribution in [0.2, 0.25) is 0 Å². The molecule has 0 bridgehead atoms. The predicted octanol–water partition coefficient (Wildman–Crippen LogP) is 3.23. The van der Waals surface area contributed by atoms with Crippen LogP contribution in [0.5, 0.6) is 0 Å². The minimum absolute atomic E-state index is 0.166. The van der Waals surface area contributed by atoms with E-state index >= 15 is 0 Å². The maximum Gasteiger partial charge on any atom is 0.145 e. The lowest BCUT2D eigenvalue weighted by molar-refractivity contribution is 0.321. The summed E-state index contributed by atoms with van der Waals surface area (Å²) in [6, 6.07) is 0. The van der Waals surface area contributed by atoms with Gasteiger partial charge in [0.25, 0.3) is 0 Å². The maximum atomic E-state index is 12.8. The molecular weight excluding hydrogens is 225 g/mol. The summed E-state index contributed by atoms with van der Waals surface area (Å²) in [5.74, 6) is -0.176. The maximum absolute atomic E-state index is 12.8. The smallest absolute Gasteiger partial charge is 0.145 e. The Bertz CT molecular complexity index is 221. The number of rotatable bonds is 3. The Labute approximate surface area is 79.6 Å².